The van der Waals surface area contributed by atoms with Crippen LogP contribution in [0.3, 0.4) is 0 Å². The highest BCUT2D eigenvalue weighted by Gasteiger charge is 2.27. The van der Waals surface area contributed by atoms with Crippen molar-refractivity contribution in [3.63, 3.8) is 0 Å². The van der Waals surface area contributed by atoms with Crippen LogP contribution < -0.4 is 4.74 Å². The Hall–Kier alpha value is -4.05. The maximum absolute atomic E-state index is 13.1. The van der Waals surface area contributed by atoms with Crippen LogP contribution in [0.2, 0.25) is 0 Å². The number of carbonyl (C=O) groups excluding carboxylic acids is 3. The molecule has 0 aliphatic rings. The Bertz CT molecular complexity index is 1390. The number of rotatable bonds is 9. The van der Waals surface area contributed by atoms with Gasteiger partial charge in [0.1, 0.15) is 5.76 Å². The van der Waals surface area contributed by atoms with Crippen molar-refractivity contribution in [2.45, 2.75) is 34.1 Å². The predicted molar refractivity (Wildman–Crippen MR) is 151 cm³/mol. The van der Waals surface area contributed by atoms with Gasteiger partial charge in [-0.25, -0.2) is 19.0 Å². The van der Waals surface area contributed by atoms with Crippen LogP contribution in [0, 0.1) is 0 Å². The summed E-state index contributed by atoms with van der Waals surface area (Å²) in [6.45, 7) is 7.14. The molecule has 0 amide bonds. The molecule has 0 aliphatic carbocycles. The molecule has 2 aromatic carbocycles. The molecule has 3 rings (SSSR count). The van der Waals surface area contributed by atoms with E-state index >= 15 is 0 Å². The lowest BCUT2D eigenvalue weighted by Gasteiger charge is -2.13. The van der Waals surface area contributed by atoms with Crippen molar-refractivity contribution in [3.05, 3.63) is 75.5 Å². The molecule has 3 aromatic rings. The van der Waals surface area contributed by atoms with E-state index in [9.17, 15) is 14.4 Å². The third kappa shape index (κ3) is 7.51. The van der Waals surface area contributed by atoms with E-state index < -0.39 is 18.4 Å². The van der Waals surface area contributed by atoms with Crippen molar-refractivity contribution in [1.82, 2.24) is 4.57 Å². The van der Waals surface area contributed by atoms with E-state index in [1.807, 2.05) is 43.3 Å². The Morgan fingerprint density at radius 3 is 2.15 bits per heavy atom. The number of ether oxygens (including phenoxy) is 5. The standard InChI is InChI=1S/C29H30BrNO8/c1-5-20(16-19-12-10-9-11-13-19)25(38-28(33)36-7-3)18-23-22-17-21(30)14-15-24(22)31(27(32)35-6-2)26(23)39-29(34)37-8-4/h9-18H,5-8H2,1-4H3/b20-16+,25-18-. The Morgan fingerprint density at radius 2 is 1.51 bits per heavy atom. The van der Waals surface area contributed by atoms with Gasteiger partial charge in [0.05, 0.1) is 25.3 Å². The van der Waals surface area contributed by atoms with Gasteiger partial charge in [0.15, 0.2) is 0 Å². The highest BCUT2D eigenvalue weighted by atomic mass is 79.9. The first-order chi connectivity index (χ1) is 18.8. The van der Waals surface area contributed by atoms with E-state index in [0.29, 0.717) is 32.9 Å². The third-order valence-electron chi connectivity index (χ3n) is 5.38. The summed E-state index contributed by atoms with van der Waals surface area (Å²) < 4.78 is 28.3. The van der Waals surface area contributed by atoms with Crippen LogP contribution in [-0.4, -0.2) is 42.8 Å². The maximum atomic E-state index is 13.1. The molecule has 0 aliphatic heterocycles. The fourth-order valence-corrected chi connectivity index (χ4v) is 4.11. The van der Waals surface area contributed by atoms with Gasteiger partial charge in [0, 0.05) is 15.4 Å². The molecule has 9 nitrogen and oxygen atoms in total. The van der Waals surface area contributed by atoms with Crippen molar-refractivity contribution in [1.29, 1.82) is 0 Å². The third-order valence-corrected chi connectivity index (χ3v) is 5.88. The minimum atomic E-state index is -1.01. The molecule has 0 saturated heterocycles. The molecular formula is C29H30BrNO8. The van der Waals surface area contributed by atoms with E-state index in [2.05, 4.69) is 15.9 Å². The van der Waals surface area contributed by atoms with Crippen LogP contribution in [0.15, 0.2) is 64.3 Å². The SMILES string of the molecule is CCOC(=O)OC(=C\c1c(OC(=O)OCC)n(C(=O)OCC)c2ccc(Br)cc12)/C(=C/c1ccccc1)CC. The second-order valence-electron chi connectivity index (χ2n) is 7.93. The van der Waals surface area contributed by atoms with E-state index in [1.54, 1.807) is 39.0 Å². The monoisotopic (exact) mass is 599 g/mol. The minimum absolute atomic E-state index is 0.0617. The second-order valence-corrected chi connectivity index (χ2v) is 8.84. The van der Waals surface area contributed by atoms with Crippen molar-refractivity contribution in [3.8, 4) is 5.88 Å². The van der Waals surface area contributed by atoms with Crippen molar-refractivity contribution < 1.29 is 38.1 Å². The lowest BCUT2D eigenvalue weighted by Crippen LogP contribution is -2.19. The summed E-state index contributed by atoms with van der Waals surface area (Å²) >= 11 is 3.46. The molecule has 0 bridgehead atoms. The molecule has 0 N–H and O–H groups in total. The van der Waals surface area contributed by atoms with Gasteiger partial charge in [0.25, 0.3) is 0 Å². The summed E-state index contributed by atoms with van der Waals surface area (Å²) in [5.41, 5.74) is 2.23. The summed E-state index contributed by atoms with van der Waals surface area (Å²) in [6.07, 6.45) is 1.22. The number of fused-ring (bicyclic) bond motifs is 1. The molecule has 0 atom stereocenters. The number of halogens is 1. The number of nitrogens with zero attached hydrogens (tertiary/aromatic N) is 1. The van der Waals surface area contributed by atoms with Crippen LogP contribution in [-0.2, 0) is 18.9 Å². The molecule has 206 valence electrons. The Labute approximate surface area is 235 Å². The molecule has 0 saturated carbocycles. The second kappa shape index (κ2) is 14.2. The Kier molecular flexibility index (Phi) is 10.7. The van der Waals surface area contributed by atoms with Gasteiger partial charge in [-0.2, -0.15) is 0 Å². The Balaban J connectivity index is 2.35. The average molecular weight is 600 g/mol. The predicted octanol–water partition coefficient (Wildman–Crippen LogP) is 7.95. The van der Waals surface area contributed by atoms with Gasteiger partial charge >= 0.3 is 18.4 Å². The van der Waals surface area contributed by atoms with Crippen LogP contribution in [0.5, 0.6) is 5.88 Å². The van der Waals surface area contributed by atoms with Gasteiger partial charge < -0.3 is 23.7 Å². The summed E-state index contributed by atoms with van der Waals surface area (Å²) in [5, 5.41) is 0.525. The molecule has 0 spiro atoms. The molecule has 39 heavy (non-hydrogen) atoms. The lowest BCUT2D eigenvalue weighted by molar-refractivity contribution is 0.0834. The summed E-state index contributed by atoms with van der Waals surface area (Å²) in [7, 11) is 0. The summed E-state index contributed by atoms with van der Waals surface area (Å²) in [6, 6.07) is 14.7. The highest BCUT2D eigenvalue weighted by Crippen LogP contribution is 2.37. The summed E-state index contributed by atoms with van der Waals surface area (Å²) in [5.74, 6) is -0.00322. The molecule has 0 unspecified atom stereocenters. The van der Waals surface area contributed by atoms with Crippen molar-refractivity contribution >= 4 is 57.4 Å². The first-order valence-corrected chi connectivity index (χ1v) is 13.3. The van der Waals surface area contributed by atoms with Gasteiger partial charge in [-0.05, 0) is 68.7 Å². The molecule has 0 radical (unpaired) electrons. The van der Waals surface area contributed by atoms with Crippen LogP contribution in [0.25, 0.3) is 23.1 Å². The maximum Gasteiger partial charge on any atom is 0.515 e. The van der Waals surface area contributed by atoms with Gasteiger partial charge in [-0.1, -0.05) is 53.2 Å². The Morgan fingerprint density at radius 1 is 0.846 bits per heavy atom. The number of benzene rings is 2. The average Bonchev–Trinajstić information content (AvgIpc) is 3.19. The smallest absolute Gasteiger partial charge is 0.449 e. The van der Waals surface area contributed by atoms with Crippen LogP contribution in [0.1, 0.15) is 45.2 Å². The van der Waals surface area contributed by atoms with Crippen molar-refractivity contribution in [2.24, 2.45) is 0 Å². The molecule has 1 heterocycles. The molecule has 10 heteroatoms. The number of aromatic nitrogens is 1. The lowest BCUT2D eigenvalue weighted by atomic mass is 10.0. The van der Waals surface area contributed by atoms with Gasteiger partial charge in [0.2, 0.25) is 5.88 Å². The van der Waals surface area contributed by atoms with E-state index in [0.717, 1.165) is 10.1 Å². The fourth-order valence-electron chi connectivity index (χ4n) is 3.75. The topological polar surface area (TPSA) is 102 Å². The van der Waals surface area contributed by atoms with E-state index in [1.165, 1.54) is 6.08 Å². The summed E-state index contributed by atoms with van der Waals surface area (Å²) in [4.78, 5) is 38.0. The van der Waals surface area contributed by atoms with Gasteiger partial charge in [-0.15, -0.1) is 0 Å². The fraction of sp³-hybridized carbons (Fsp3) is 0.276. The normalized spacial score (nSPS) is 11.7. The first kappa shape index (κ1) is 29.5. The zero-order chi connectivity index (χ0) is 28.4. The number of hydrogen-bond acceptors (Lipinski definition) is 8. The van der Waals surface area contributed by atoms with Crippen molar-refractivity contribution in [2.75, 3.05) is 19.8 Å². The van der Waals surface area contributed by atoms with Crippen LogP contribution >= 0.6 is 15.9 Å². The van der Waals surface area contributed by atoms with E-state index in [-0.39, 0.29) is 31.5 Å². The zero-order valence-corrected chi connectivity index (χ0v) is 23.8. The first-order valence-electron chi connectivity index (χ1n) is 12.5. The van der Waals surface area contributed by atoms with E-state index in [4.69, 9.17) is 23.7 Å². The number of allylic oxidation sites excluding steroid dienone is 1. The van der Waals surface area contributed by atoms with Gasteiger partial charge in [-0.3, -0.25) is 0 Å². The zero-order valence-electron chi connectivity index (χ0n) is 22.2. The number of carbonyl (C=O) groups is 3. The van der Waals surface area contributed by atoms with Crippen LogP contribution in [0.4, 0.5) is 14.4 Å². The molecule has 0 fully saturated rings. The quantitative estimate of drug-likeness (QED) is 0.106. The molecule has 1 aromatic heterocycles. The number of hydrogen-bond donors (Lipinski definition) is 0. The highest BCUT2D eigenvalue weighted by molar-refractivity contribution is 9.10. The molecular weight excluding hydrogens is 570 g/mol. The largest absolute Gasteiger partial charge is 0.515 e. The minimum Gasteiger partial charge on any atom is -0.449 e.